The minimum absolute atomic E-state index is 0.0485. The summed E-state index contributed by atoms with van der Waals surface area (Å²) in [4.78, 5) is 12.9. The van der Waals surface area contributed by atoms with Gasteiger partial charge in [-0.1, -0.05) is 18.2 Å². The van der Waals surface area contributed by atoms with Crippen LogP contribution in [0.2, 0.25) is 0 Å². The summed E-state index contributed by atoms with van der Waals surface area (Å²) < 4.78 is 37.2. The Morgan fingerprint density at radius 1 is 1.42 bits per heavy atom. The van der Waals surface area contributed by atoms with Crippen molar-refractivity contribution in [1.82, 2.24) is 4.90 Å². The van der Waals surface area contributed by atoms with Gasteiger partial charge in [-0.25, -0.2) is 0 Å². The summed E-state index contributed by atoms with van der Waals surface area (Å²) in [7, 11) is 0. The van der Waals surface area contributed by atoms with Crippen LogP contribution in [0.15, 0.2) is 24.3 Å². The molecule has 2 rings (SSSR count). The number of likely N-dealkylation sites (N-methyl/N-ethyl adjacent to an activating group) is 1. The number of alkyl halides is 3. The van der Waals surface area contributed by atoms with E-state index in [0.29, 0.717) is 6.42 Å². The highest BCUT2D eigenvalue weighted by Gasteiger charge is 2.36. The predicted molar refractivity (Wildman–Crippen MR) is 65.9 cm³/mol. The molecule has 0 spiro atoms. The SMILES string of the molecule is CCN(CC(F)(F)F)C(=O)C1Cc2ccccc2N1. The minimum atomic E-state index is -4.36. The Morgan fingerprint density at radius 2 is 2.11 bits per heavy atom. The Kier molecular flexibility index (Phi) is 3.68. The summed E-state index contributed by atoms with van der Waals surface area (Å²) in [5.41, 5.74) is 1.79. The van der Waals surface area contributed by atoms with E-state index in [9.17, 15) is 18.0 Å². The number of benzene rings is 1. The van der Waals surface area contributed by atoms with Gasteiger partial charge in [0.05, 0.1) is 0 Å². The lowest BCUT2D eigenvalue weighted by Crippen LogP contribution is -2.46. The van der Waals surface area contributed by atoms with Gasteiger partial charge in [0.25, 0.3) is 0 Å². The summed E-state index contributed by atoms with van der Waals surface area (Å²) in [6.07, 6.45) is -3.93. The number of fused-ring (bicyclic) bond motifs is 1. The molecule has 1 N–H and O–H groups in total. The molecule has 1 atom stereocenters. The van der Waals surface area contributed by atoms with Crippen molar-refractivity contribution in [3.05, 3.63) is 29.8 Å². The highest BCUT2D eigenvalue weighted by atomic mass is 19.4. The molecule has 1 aliphatic heterocycles. The number of nitrogens with zero attached hydrogens (tertiary/aromatic N) is 1. The molecule has 0 aromatic heterocycles. The Morgan fingerprint density at radius 3 is 2.68 bits per heavy atom. The number of hydrogen-bond donors (Lipinski definition) is 1. The lowest BCUT2D eigenvalue weighted by atomic mass is 10.1. The van der Waals surface area contributed by atoms with Gasteiger partial charge in [-0.3, -0.25) is 4.79 Å². The fourth-order valence-electron chi connectivity index (χ4n) is 2.23. The van der Waals surface area contributed by atoms with Gasteiger partial charge in [0.15, 0.2) is 0 Å². The van der Waals surface area contributed by atoms with Crippen LogP contribution >= 0.6 is 0 Å². The highest BCUT2D eigenvalue weighted by molar-refractivity contribution is 5.87. The first-order valence-corrected chi connectivity index (χ1v) is 6.10. The standard InChI is InChI=1S/C13H15F3N2O/c1-2-18(8-13(14,15)16)12(19)11-7-9-5-3-4-6-10(9)17-11/h3-6,11,17H,2,7-8H2,1H3. The van der Waals surface area contributed by atoms with Gasteiger partial charge in [0, 0.05) is 18.7 Å². The van der Waals surface area contributed by atoms with Crippen LogP contribution in [0.4, 0.5) is 18.9 Å². The zero-order valence-corrected chi connectivity index (χ0v) is 10.5. The number of anilines is 1. The van der Waals surface area contributed by atoms with Crippen LogP contribution in [-0.4, -0.2) is 36.1 Å². The maximum Gasteiger partial charge on any atom is 0.406 e. The molecule has 0 fully saturated rings. The van der Waals surface area contributed by atoms with E-state index in [0.717, 1.165) is 16.2 Å². The van der Waals surface area contributed by atoms with E-state index in [-0.39, 0.29) is 6.54 Å². The van der Waals surface area contributed by atoms with Crippen molar-refractivity contribution in [2.45, 2.75) is 25.6 Å². The number of amides is 1. The molecule has 0 saturated heterocycles. The molecule has 104 valence electrons. The van der Waals surface area contributed by atoms with E-state index >= 15 is 0 Å². The van der Waals surface area contributed by atoms with Gasteiger partial charge < -0.3 is 10.2 Å². The van der Waals surface area contributed by atoms with Gasteiger partial charge in [0.1, 0.15) is 12.6 Å². The number of halogens is 3. The van der Waals surface area contributed by atoms with E-state index in [2.05, 4.69) is 5.32 Å². The second kappa shape index (κ2) is 5.11. The summed E-state index contributed by atoms with van der Waals surface area (Å²) in [6, 6.07) is 6.77. The molecule has 1 heterocycles. The summed E-state index contributed by atoms with van der Waals surface area (Å²) in [5.74, 6) is -0.504. The summed E-state index contributed by atoms with van der Waals surface area (Å²) >= 11 is 0. The average molecular weight is 272 g/mol. The summed E-state index contributed by atoms with van der Waals surface area (Å²) in [6.45, 7) is 0.398. The van der Waals surface area contributed by atoms with Crippen molar-refractivity contribution in [3.8, 4) is 0 Å². The van der Waals surface area contributed by atoms with Crippen LogP contribution in [-0.2, 0) is 11.2 Å². The topological polar surface area (TPSA) is 32.3 Å². The molecule has 0 saturated carbocycles. The molecule has 1 unspecified atom stereocenters. The smallest absolute Gasteiger partial charge is 0.373 e. The number of hydrogen-bond acceptors (Lipinski definition) is 2. The molecule has 0 aliphatic carbocycles. The Hall–Kier alpha value is -1.72. The van der Waals surface area contributed by atoms with E-state index in [1.165, 1.54) is 0 Å². The quantitative estimate of drug-likeness (QED) is 0.916. The van der Waals surface area contributed by atoms with E-state index in [4.69, 9.17) is 0 Å². The van der Waals surface area contributed by atoms with E-state index < -0.39 is 24.7 Å². The zero-order valence-electron chi connectivity index (χ0n) is 10.5. The van der Waals surface area contributed by atoms with Gasteiger partial charge in [-0.2, -0.15) is 13.2 Å². The number of carbonyl (C=O) groups is 1. The van der Waals surface area contributed by atoms with Crippen LogP contribution in [0.1, 0.15) is 12.5 Å². The van der Waals surface area contributed by atoms with Crippen LogP contribution in [0.25, 0.3) is 0 Å². The second-order valence-electron chi connectivity index (χ2n) is 4.53. The highest BCUT2D eigenvalue weighted by Crippen LogP contribution is 2.26. The maximum atomic E-state index is 12.4. The normalized spacial score (nSPS) is 17.8. The average Bonchev–Trinajstić information content (AvgIpc) is 2.77. The van der Waals surface area contributed by atoms with Crippen molar-refractivity contribution in [3.63, 3.8) is 0 Å². The molecule has 0 radical (unpaired) electrons. The minimum Gasteiger partial charge on any atom is -0.373 e. The first-order chi connectivity index (χ1) is 8.90. The second-order valence-corrected chi connectivity index (χ2v) is 4.53. The van der Waals surface area contributed by atoms with Crippen LogP contribution in [0.3, 0.4) is 0 Å². The van der Waals surface area contributed by atoms with Crippen molar-refractivity contribution >= 4 is 11.6 Å². The Bertz CT molecular complexity index is 448. The molecular weight excluding hydrogens is 257 g/mol. The van der Waals surface area contributed by atoms with Crippen molar-refractivity contribution < 1.29 is 18.0 Å². The largest absolute Gasteiger partial charge is 0.406 e. The predicted octanol–water partition coefficient (Wildman–Crippen LogP) is 2.43. The Labute approximate surface area is 109 Å². The van der Waals surface area contributed by atoms with Gasteiger partial charge >= 0.3 is 6.18 Å². The molecule has 1 amide bonds. The van der Waals surface area contributed by atoms with Gasteiger partial charge in [-0.05, 0) is 18.6 Å². The Balaban J connectivity index is 2.05. The lowest BCUT2D eigenvalue weighted by molar-refractivity contribution is -0.161. The molecule has 19 heavy (non-hydrogen) atoms. The molecule has 1 aliphatic rings. The molecule has 3 nitrogen and oxygen atoms in total. The molecule has 1 aromatic carbocycles. The zero-order chi connectivity index (χ0) is 14.0. The van der Waals surface area contributed by atoms with Crippen molar-refractivity contribution in [1.29, 1.82) is 0 Å². The van der Waals surface area contributed by atoms with E-state index in [1.54, 1.807) is 6.92 Å². The maximum absolute atomic E-state index is 12.4. The number of nitrogens with one attached hydrogen (secondary N) is 1. The fourth-order valence-corrected chi connectivity index (χ4v) is 2.23. The van der Waals surface area contributed by atoms with Crippen molar-refractivity contribution in [2.75, 3.05) is 18.4 Å². The molecule has 0 bridgehead atoms. The van der Waals surface area contributed by atoms with Crippen LogP contribution < -0.4 is 5.32 Å². The van der Waals surface area contributed by atoms with Crippen LogP contribution in [0, 0.1) is 0 Å². The lowest BCUT2D eigenvalue weighted by Gasteiger charge is -2.25. The fraction of sp³-hybridized carbons (Fsp3) is 0.462. The monoisotopic (exact) mass is 272 g/mol. The van der Waals surface area contributed by atoms with Gasteiger partial charge in [0.2, 0.25) is 5.91 Å². The third kappa shape index (κ3) is 3.19. The number of rotatable bonds is 3. The molecule has 6 heteroatoms. The van der Waals surface area contributed by atoms with Crippen molar-refractivity contribution in [2.24, 2.45) is 0 Å². The first kappa shape index (κ1) is 13.7. The van der Waals surface area contributed by atoms with Gasteiger partial charge in [-0.15, -0.1) is 0 Å². The first-order valence-electron chi connectivity index (χ1n) is 6.10. The number of para-hydroxylation sites is 1. The van der Waals surface area contributed by atoms with E-state index in [1.807, 2.05) is 24.3 Å². The molecule has 1 aromatic rings. The third-order valence-corrected chi connectivity index (χ3v) is 3.13. The van der Waals surface area contributed by atoms with Crippen LogP contribution in [0.5, 0.6) is 0 Å². The summed E-state index contributed by atoms with van der Waals surface area (Å²) in [5, 5.41) is 2.98. The molecular formula is C13H15F3N2O. The number of carbonyl (C=O) groups excluding carboxylic acids is 1. The third-order valence-electron chi connectivity index (χ3n) is 3.13.